The first-order valence-corrected chi connectivity index (χ1v) is 6.46. The van der Waals surface area contributed by atoms with Crippen LogP contribution >= 0.6 is 0 Å². The third-order valence-electron chi connectivity index (χ3n) is 3.31. The summed E-state index contributed by atoms with van der Waals surface area (Å²) < 4.78 is 4.68. The van der Waals surface area contributed by atoms with Gasteiger partial charge in [-0.25, -0.2) is 4.79 Å². The molecule has 2 aromatic carbocycles. The maximum absolute atomic E-state index is 11.1. The lowest BCUT2D eigenvalue weighted by Crippen LogP contribution is -2.09. The fourth-order valence-corrected chi connectivity index (χ4v) is 2.28. The van der Waals surface area contributed by atoms with Crippen molar-refractivity contribution in [3.8, 4) is 0 Å². The van der Waals surface area contributed by atoms with Crippen LogP contribution in [0.3, 0.4) is 0 Å². The second kappa shape index (κ2) is 5.31. The zero-order chi connectivity index (χ0) is 13.9. The predicted molar refractivity (Wildman–Crippen MR) is 75.8 cm³/mol. The van der Waals surface area contributed by atoms with E-state index in [-0.39, 0.29) is 0 Å². The molecule has 0 saturated heterocycles. The molecule has 1 aliphatic rings. The van der Waals surface area contributed by atoms with Crippen molar-refractivity contribution in [1.82, 2.24) is 0 Å². The number of aliphatic hydroxyl groups is 1. The van der Waals surface area contributed by atoms with E-state index in [4.69, 9.17) is 0 Å². The van der Waals surface area contributed by atoms with Crippen LogP contribution in [0.25, 0.3) is 5.57 Å². The van der Waals surface area contributed by atoms with Crippen molar-refractivity contribution in [2.45, 2.75) is 12.7 Å². The standard InChI is InChI=1S/C17H14O3/c18-16-11-15(17(19)20-16)14-8-6-13(7-9-14)10-12-4-2-1-3-5-12/h1-9,11,17,19H,10H2. The Kier molecular flexibility index (Phi) is 3.35. The molecule has 100 valence electrons. The van der Waals surface area contributed by atoms with Crippen molar-refractivity contribution in [3.05, 3.63) is 77.4 Å². The molecule has 0 aliphatic carbocycles. The lowest BCUT2D eigenvalue weighted by Gasteiger charge is -2.08. The van der Waals surface area contributed by atoms with E-state index in [0.717, 1.165) is 12.0 Å². The summed E-state index contributed by atoms with van der Waals surface area (Å²) in [5.41, 5.74) is 3.75. The zero-order valence-corrected chi connectivity index (χ0v) is 10.8. The monoisotopic (exact) mass is 266 g/mol. The minimum atomic E-state index is -1.15. The van der Waals surface area contributed by atoms with Crippen molar-refractivity contribution >= 4 is 11.5 Å². The van der Waals surface area contributed by atoms with Crippen molar-refractivity contribution < 1.29 is 14.6 Å². The number of hydrogen-bond acceptors (Lipinski definition) is 3. The van der Waals surface area contributed by atoms with E-state index < -0.39 is 12.3 Å². The van der Waals surface area contributed by atoms with Crippen LogP contribution in [0, 0.1) is 0 Å². The van der Waals surface area contributed by atoms with Gasteiger partial charge in [0.1, 0.15) is 0 Å². The van der Waals surface area contributed by atoms with Gasteiger partial charge in [-0.3, -0.25) is 0 Å². The SMILES string of the molecule is O=C1C=C(c2ccc(Cc3ccccc3)cc2)C(O)O1. The minimum Gasteiger partial charge on any atom is -0.428 e. The van der Waals surface area contributed by atoms with E-state index in [1.54, 1.807) is 0 Å². The number of carbonyl (C=O) groups excluding carboxylic acids is 1. The number of benzene rings is 2. The fraction of sp³-hybridized carbons (Fsp3) is 0.118. The van der Waals surface area contributed by atoms with Gasteiger partial charge in [0.05, 0.1) is 0 Å². The molecule has 0 spiro atoms. The van der Waals surface area contributed by atoms with Crippen LogP contribution in [-0.2, 0) is 16.0 Å². The average Bonchev–Trinajstić information content (AvgIpc) is 2.80. The highest BCUT2D eigenvalue weighted by Gasteiger charge is 2.24. The van der Waals surface area contributed by atoms with E-state index in [1.807, 2.05) is 42.5 Å². The smallest absolute Gasteiger partial charge is 0.333 e. The Labute approximate surface area is 117 Å². The number of rotatable bonds is 3. The van der Waals surface area contributed by atoms with Gasteiger partial charge in [-0.15, -0.1) is 0 Å². The van der Waals surface area contributed by atoms with Crippen molar-refractivity contribution in [2.75, 3.05) is 0 Å². The number of aliphatic hydroxyl groups excluding tert-OH is 1. The van der Waals surface area contributed by atoms with Crippen molar-refractivity contribution in [3.63, 3.8) is 0 Å². The summed E-state index contributed by atoms with van der Waals surface area (Å²) in [5.74, 6) is -0.499. The first-order chi connectivity index (χ1) is 9.72. The van der Waals surface area contributed by atoms with Gasteiger partial charge < -0.3 is 9.84 Å². The lowest BCUT2D eigenvalue weighted by atomic mass is 10.0. The zero-order valence-electron chi connectivity index (χ0n) is 10.8. The number of hydrogen-bond donors (Lipinski definition) is 1. The second-order valence-corrected chi connectivity index (χ2v) is 4.75. The molecule has 3 rings (SSSR count). The number of carbonyl (C=O) groups is 1. The molecule has 0 amide bonds. The highest BCUT2D eigenvalue weighted by molar-refractivity contribution is 5.96. The summed E-state index contributed by atoms with van der Waals surface area (Å²) in [4.78, 5) is 11.1. The van der Waals surface area contributed by atoms with Gasteiger partial charge in [0.25, 0.3) is 0 Å². The van der Waals surface area contributed by atoms with Crippen LogP contribution in [0.15, 0.2) is 60.7 Å². The van der Waals surface area contributed by atoms with Gasteiger partial charge >= 0.3 is 5.97 Å². The maximum Gasteiger partial charge on any atom is 0.333 e. The molecule has 2 aromatic rings. The molecular weight excluding hydrogens is 252 g/mol. The molecule has 1 atom stereocenters. The molecule has 1 aliphatic heterocycles. The summed E-state index contributed by atoms with van der Waals surface area (Å²) >= 11 is 0. The van der Waals surface area contributed by atoms with Gasteiger partial charge in [-0.2, -0.15) is 0 Å². The van der Waals surface area contributed by atoms with Crippen molar-refractivity contribution in [2.24, 2.45) is 0 Å². The summed E-state index contributed by atoms with van der Waals surface area (Å²) in [6, 6.07) is 18.0. The van der Waals surface area contributed by atoms with Crippen LogP contribution in [-0.4, -0.2) is 17.4 Å². The number of cyclic esters (lactones) is 1. The Morgan fingerprint density at radius 3 is 2.20 bits per heavy atom. The average molecular weight is 266 g/mol. The van der Waals surface area contributed by atoms with Crippen LogP contribution in [0.5, 0.6) is 0 Å². The van der Waals surface area contributed by atoms with Gasteiger partial charge in [0.2, 0.25) is 6.29 Å². The topological polar surface area (TPSA) is 46.5 Å². The molecule has 3 heteroatoms. The number of ether oxygens (including phenoxy) is 1. The highest BCUT2D eigenvalue weighted by atomic mass is 16.6. The van der Waals surface area contributed by atoms with E-state index in [2.05, 4.69) is 16.9 Å². The Hall–Kier alpha value is -2.39. The second-order valence-electron chi connectivity index (χ2n) is 4.75. The highest BCUT2D eigenvalue weighted by Crippen LogP contribution is 2.25. The molecule has 0 aromatic heterocycles. The van der Waals surface area contributed by atoms with E-state index >= 15 is 0 Å². The van der Waals surface area contributed by atoms with Gasteiger partial charge in [0.15, 0.2) is 0 Å². The number of esters is 1. The molecule has 0 saturated carbocycles. The largest absolute Gasteiger partial charge is 0.428 e. The predicted octanol–water partition coefficient (Wildman–Crippen LogP) is 2.54. The Morgan fingerprint density at radius 1 is 0.950 bits per heavy atom. The maximum atomic E-state index is 11.1. The summed E-state index contributed by atoms with van der Waals surface area (Å²) in [5, 5.41) is 9.61. The minimum absolute atomic E-state index is 0.499. The molecular formula is C17H14O3. The van der Waals surface area contributed by atoms with Gasteiger partial charge in [-0.05, 0) is 23.1 Å². The third kappa shape index (κ3) is 2.63. The molecule has 3 nitrogen and oxygen atoms in total. The molecule has 1 heterocycles. The third-order valence-corrected chi connectivity index (χ3v) is 3.31. The van der Waals surface area contributed by atoms with E-state index in [1.165, 1.54) is 17.2 Å². The first kappa shape index (κ1) is 12.6. The molecule has 0 radical (unpaired) electrons. The Morgan fingerprint density at radius 2 is 1.60 bits per heavy atom. The van der Waals surface area contributed by atoms with Crippen LogP contribution < -0.4 is 0 Å². The summed E-state index contributed by atoms with van der Waals surface area (Å²) in [6.45, 7) is 0. The van der Waals surface area contributed by atoms with Gasteiger partial charge in [-0.1, -0.05) is 54.6 Å². The molecule has 20 heavy (non-hydrogen) atoms. The first-order valence-electron chi connectivity index (χ1n) is 6.46. The van der Waals surface area contributed by atoms with Crippen LogP contribution in [0.1, 0.15) is 16.7 Å². The molecule has 1 unspecified atom stereocenters. The molecule has 0 fully saturated rings. The quantitative estimate of drug-likeness (QED) is 0.868. The summed E-state index contributed by atoms with van der Waals surface area (Å²) in [7, 11) is 0. The normalized spacial score (nSPS) is 17.8. The van der Waals surface area contributed by atoms with Crippen LogP contribution in [0.2, 0.25) is 0 Å². The van der Waals surface area contributed by atoms with Crippen LogP contribution in [0.4, 0.5) is 0 Å². The van der Waals surface area contributed by atoms with E-state index in [0.29, 0.717) is 5.57 Å². The molecule has 1 N–H and O–H groups in total. The summed E-state index contributed by atoms with van der Waals surface area (Å²) in [6.07, 6.45) is 1.04. The fourth-order valence-electron chi connectivity index (χ4n) is 2.28. The van der Waals surface area contributed by atoms with Crippen molar-refractivity contribution in [1.29, 1.82) is 0 Å². The molecule has 0 bridgehead atoms. The van der Waals surface area contributed by atoms with Gasteiger partial charge in [0, 0.05) is 11.6 Å². The Bertz CT molecular complexity index is 642. The Balaban J connectivity index is 1.78. The van der Waals surface area contributed by atoms with E-state index in [9.17, 15) is 9.90 Å². The lowest BCUT2D eigenvalue weighted by molar-refractivity contribution is -0.149.